The van der Waals surface area contributed by atoms with Gasteiger partial charge < -0.3 is 0 Å². The first-order valence-corrected chi connectivity index (χ1v) is 6.70. The molecule has 0 nitrogen and oxygen atoms in total. The molecule has 0 radical (unpaired) electrons. The second kappa shape index (κ2) is 8.41. The van der Waals surface area contributed by atoms with Crippen LogP contribution in [0.15, 0.2) is 35.9 Å². The third kappa shape index (κ3) is 5.37. The smallest absolute Gasteiger partial charge is 0.0436 e. The summed E-state index contributed by atoms with van der Waals surface area (Å²) in [5.41, 5.74) is 2.61. The predicted octanol–water partition coefficient (Wildman–Crippen LogP) is 5.28. The zero-order valence-corrected chi connectivity index (χ0v) is 10.8. The number of unbranched alkanes of at least 4 members (excludes halogenated alkanes) is 3. The van der Waals surface area contributed by atoms with Gasteiger partial charge in [-0.3, -0.25) is 0 Å². The molecule has 0 fully saturated rings. The Labute approximate surface area is 104 Å². The molecule has 0 aliphatic heterocycles. The Hall–Kier alpha value is -0.750. The van der Waals surface area contributed by atoms with Crippen molar-refractivity contribution < 1.29 is 0 Å². The summed E-state index contributed by atoms with van der Waals surface area (Å²) >= 11 is 5.96. The topological polar surface area (TPSA) is 0 Å². The quantitative estimate of drug-likeness (QED) is 0.446. The maximum absolute atomic E-state index is 5.96. The molecule has 0 aliphatic rings. The van der Waals surface area contributed by atoms with Crippen molar-refractivity contribution in [3.8, 4) is 0 Å². The highest BCUT2D eigenvalue weighted by Gasteiger charge is 1.96. The lowest BCUT2D eigenvalue weighted by Crippen LogP contribution is -1.87. The second-order valence-electron chi connectivity index (χ2n) is 4.16. The van der Waals surface area contributed by atoms with Crippen LogP contribution < -0.4 is 0 Å². The average Bonchev–Trinajstić information content (AvgIpc) is 2.34. The van der Waals surface area contributed by atoms with Gasteiger partial charge >= 0.3 is 0 Å². The van der Waals surface area contributed by atoms with Crippen molar-refractivity contribution in [1.29, 1.82) is 0 Å². The molecule has 1 heteroatoms. The molecule has 0 unspecified atom stereocenters. The summed E-state index contributed by atoms with van der Waals surface area (Å²) in [6.07, 6.45) is 8.57. The minimum atomic E-state index is 0.654. The Balaban J connectivity index is 2.44. The van der Waals surface area contributed by atoms with Crippen molar-refractivity contribution >= 4 is 17.7 Å². The van der Waals surface area contributed by atoms with Gasteiger partial charge in [0.15, 0.2) is 0 Å². The lowest BCUT2D eigenvalue weighted by molar-refractivity contribution is 0.666. The highest BCUT2D eigenvalue weighted by Crippen LogP contribution is 2.15. The molecular formula is C15H21Cl. The molecule has 0 saturated carbocycles. The van der Waals surface area contributed by atoms with Crippen molar-refractivity contribution in [2.24, 2.45) is 0 Å². The van der Waals surface area contributed by atoms with E-state index in [1.165, 1.54) is 36.8 Å². The average molecular weight is 237 g/mol. The maximum Gasteiger partial charge on any atom is 0.0436 e. The Kier molecular flexibility index (Phi) is 7.00. The lowest BCUT2D eigenvalue weighted by Gasteiger charge is -2.03. The van der Waals surface area contributed by atoms with E-state index in [1.807, 2.05) is 6.07 Å². The fourth-order valence-corrected chi connectivity index (χ4v) is 1.95. The summed E-state index contributed by atoms with van der Waals surface area (Å²) in [7, 11) is 0. The first-order valence-electron chi connectivity index (χ1n) is 6.17. The van der Waals surface area contributed by atoms with E-state index < -0.39 is 0 Å². The van der Waals surface area contributed by atoms with E-state index in [0.29, 0.717) is 5.88 Å². The van der Waals surface area contributed by atoms with Gasteiger partial charge in [0.1, 0.15) is 0 Å². The second-order valence-corrected chi connectivity index (χ2v) is 4.42. The standard InChI is InChI=1S/C15H21Cl/c1-2-3-4-6-11-15(13-16)12-14-9-7-5-8-10-14/h5,7-10,12H,2-4,6,11,13H2,1H3. The third-order valence-electron chi connectivity index (χ3n) is 2.69. The molecule has 0 N–H and O–H groups in total. The van der Waals surface area contributed by atoms with E-state index >= 15 is 0 Å². The first kappa shape index (κ1) is 13.3. The monoisotopic (exact) mass is 236 g/mol. The van der Waals surface area contributed by atoms with Gasteiger partial charge in [-0.25, -0.2) is 0 Å². The van der Waals surface area contributed by atoms with Crippen LogP contribution >= 0.6 is 11.6 Å². The van der Waals surface area contributed by atoms with Crippen LogP contribution in [-0.4, -0.2) is 5.88 Å². The van der Waals surface area contributed by atoms with E-state index in [2.05, 4.69) is 37.3 Å². The van der Waals surface area contributed by atoms with E-state index in [9.17, 15) is 0 Å². The van der Waals surface area contributed by atoms with Crippen molar-refractivity contribution in [3.05, 3.63) is 41.5 Å². The van der Waals surface area contributed by atoms with Crippen molar-refractivity contribution in [3.63, 3.8) is 0 Å². The minimum Gasteiger partial charge on any atom is -0.122 e. The molecular weight excluding hydrogens is 216 g/mol. The van der Waals surface area contributed by atoms with Gasteiger partial charge in [-0.2, -0.15) is 0 Å². The van der Waals surface area contributed by atoms with Crippen molar-refractivity contribution in [1.82, 2.24) is 0 Å². The molecule has 0 bridgehead atoms. The minimum absolute atomic E-state index is 0.654. The number of benzene rings is 1. The molecule has 0 saturated heterocycles. The van der Waals surface area contributed by atoms with Crippen LogP contribution in [-0.2, 0) is 0 Å². The maximum atomic E-state index is 5.96. The molecule has 0 amide bonds. The number of rotatable bonds is 7. The molecule has 1 rings (SSSR count). The van der Waals surface area contributed by atoms with E-state index in [-0.39, 0.29) is 0 Å². The Morgan fingerprint density at radius 3 is 2.50 bits per heavy atom. The molecule has 1 aromatic rings. The van der Waals surface area contributed by atoms with Gasteiger partial charge in [-0.1, -0.05) is 68.2 Å². The molecule has 16 heavy (non-hydrogen) atoms. The van der Waals surface area contributed by atoms with E-state index in [1.54, 1.807) is 0 Å². The number of halogens is 1. The summed E-state index contributed by atoms with van der Waals surface area (Å²) in [5.74, 6) is 0.654. The van der Waals surface area contributed by atoms with E-state index in [4.69, 9.17) is 11.6 Å². The third-order valence-corrected chi connectivity index (χ3v) is 3.04. The fraction of sp³-hybridized carbons (Fsp3) is 0.467. The van der Waals surface area contributed by atoms with Gasteiger partial charge in [-0.05, 0) is 18.4 Å². The number of allylic oxidation sites excluding steroid dienone is 1. The Morgan fingerprint density at radius 2 is 1.88 bits per heavy atom. The van der Waals surface area contributed by atoms with E-state index in [0.717, 1.165) is 6.42 Å². The van der Waals surface area contributed by atoms with Crippen LogP contribution in [0.25, 0.3) is 6.08 Å². The van der Waals surface area contributed by atoms with Crippen LogP contribution in [0, 0.1) is 0 Å². The summed E-state index contributed by atoms with van der Waals surface area (Å²) < 4.78 is 0. The Bertz CT molecular complexity index is 300. The largest absolute Gasteiger partial charge is 0.122 e. The highest BCUT2D eigenvalue weighted by molar-refractivity contribution is 6.19. The van der Waals surface area contributed by atoms with Gasteiger partial charge in [-0.15, -0.1) is 11.6 Å². The molecule has 88 valence electrons. The van der Waals surface area contributed by atoms with Gasteiger partial charge in [0, 0.05) is 5.88 Å². The van der Waals surface area contributed by atoms with Gasteiger partial charge in [0.25, 0.3) is 0 Å². The number of hydrogen-bond acceptors (Lipinski definition) is 0. The van der Waals surface area contributed by atoms with Crippen LogP contribution in [0.1, 0.15) is 44.6 Å². The zero-order valence-electron chi connectivity index (χ0n) is 10.1. The van der Waals surface area contributed by atoms with Crippen LogP contribution in [0.2, 0.25) is 0 Å². The zero-order chi connectivity index (χ0) is 11.6. The Morgan fingerprint density at radius 1 is 1.12 bits per heavy atom. The molecule has 0 atom stereocenters. The van der Waals surface area contributed by atoms with Gasteiger partial charge in [0.2, 0.25) is 0 Å². The molecule has 0 spiro atoms. The number of alkyl halides is 1. The fourth-order valence-electron chi connectivity index (χ4n) is 1.74. The van der Waals surface area contributed by atoms with Crippen LogP contribution in [0.3, 0.4) is 0 Å². The first-order chi connectivity index (χ1) is 7.86. The van der Waals surface area contributed by atoms with Gasteiger partial charge in [0.05, 0.1) is 0 Å². The molecule has 0 heterocycles. The molecule has 0 aromatic heterocycles. The van der Waals surface area contributed by atoms with Crippen molar-refractivity contribution in [2.45, 2.75) is 39.0 Å². The summed E-state index contributed by atoms with van der Waals surface area (Å²) in [6.45, 7) is 2.24. The SMILES string of the molecule is CCCCCCC(=Cc1ccccc1)CCl. The van der Waals surface area contributed by atoms with Crippen LogP contribution in [0.5, 0.6) is 0 Å². The molecule has 0 aliphatic carbocycles. The predicted molar refractivity (Wildman–Crippen MR) is 73.9 cm³/mol. The highest BCUT2D eigenvalue weighted by atomic mass is 35.5. The summed E-state index contributed by atoms with van der Waals surface area (Å²) in [4.78, 5) is 0. The molecule has 1 aromatic carbocycles. The lowest BCUT2D eigenvalue weighted by atomic mass is 10.1. The summed E-state index contributed by atoms with van der Waals surface area (Å²) in [5, 5.41) is 0. The van der Waals surface area contributed by atoms with Crippen molar-refractivity contribution in [2.75, 3.05) is 5.88 Å². The van der Waals surface area contributed by atoms with Crippen LogP contribution in [0.4, 0.5) is 0 Å². The normalized spacial score (nSPS) is 11.8. The summed E-state index contributed by atoms with van der Waals surface area (Å²) in [6, 6.07) is 10.4. The number of hydrogen-bond donors (Lipinski definition) is 0.